The van der Waals surface area contributed by atoms with Gasteiger partial charge in [-0.2, -0.15) is 8.42 Å². The molecule has 0 atom stereocenters. The Morgan fingerprint density at radius 1 is 1.50 bits per heavy atom. The first-order valence-electron chi connectivity index (χ1n) is 5.66. The Hall–Kier alpha value is -2.22. The summed E-state index contributed by atoms with van der Waals surface area (Å²) in [5.74, 6) is -1.23. The van der Waals surface area contributed by atoms with Gasteiger partial charge < -0.3 is 4.74 Å². The van der Waals surface area contributed by atoms with Gasteiger partial charge in [0.15, 0.2) is 5.03 Å². The molecule has 1 aromatic heterocycles. The van der Waals surface area contributed by atoms with Crippen molar-refractivity contribution in [1.29, 1.82) is 0 Å². The molecule has 2 rings (SSSR count). The van der Waals surface area contributed by atoms with Gasteiger partial charge in [-0.05, 0) is 19.1 Å². The molecule has 20 heavy (non-hydrogen) atoms. The van der Waals surface area contributed by atoms with E-state index in [1.54, 1.807) is 0 Å². The van der Waals surface area contributed by atoms with Crippen LogP contribution in [0.3, 0.4) is 0 Å². The van der Waals surface area contributed by atoms with Crippen LogP contribution in [0, 0.1) is 0 Å². The largest absolute Gasteiger partial charge is 0.466 e. The second kappa shape index (κ2) is 5.04. The van der Waals surface area contributed by atoms with Gasteiger partial charge in [-0.3, -0.25) is 4.79 Å². The minimum absolute atomic E-state index is 0.0385. The van der Waals surface area contributed by atoms with Crippen LogP contribution in [0.5, 0.6) is 0 Å². The van der Waals surface area contributed by atoms with Crippen molar-refractivity contribution in [2.45, 2.75) is 11.9 Å². The van der Waals surface area contributed by atoms with Gasteiger partial charge in [0.25, 0.3) is 15.9 Å². The lowest BCUT2D eigenvalue weighted by atomic mass is 10.2. The number of amides is 1. The number of methoxy groups -OCH3 is 1. The van der Waals surface area contributed by atoms with Crippen molar-refractivity contribution >= 4 is 21.9 Å². The predicted octanol–water partition coefficient (Wildman–Crippen LogP) is 0.345. The first kappa shape index (κ1) is 14.2. The Morgan fingerprint density at radius 2 is 2.20 bits per heavy atom. The van der Waals surface area contributed by atoms with Crippen LogP contribution in [0.1, 0.15) is 17.3 Å². The van der Waals surface area contributed by atoms with Crippen LogP contribution in [0.2, 0.25) is 0 Å². The first-order valence-corrected chi connectivity index (χ1v) is 7.10. The molecule has 0 unspecified atom stereocenters. The third-order valence-electron chi connectivity index (χ3n) is 2.83. The third-order valence-corrected chi connectivity index (χ3v) is 4.54. The maximum Gasteiger partial charge on any atom is 0.333 e. The number of carbonyl (C=O) groups excluding carboxylic acids is 2. The fourth-order valence-corrected chi connectivity index (χ4v) is 3.18. The number of hydrogen-bond donors (Lipinski definition) is 0. The molecule has 1 aliphatic heterocycles. The quantitative estimate of drug-likeness (QED) is 0.590. The first-order chi connectivity index (χ1) is 9.39. The molecule has 0 spiro atoms. The lowest BCUT2D eigenvalue weighted by Crippen LogP contribution is -2.30. The number of carbonyl (C=O) groups is 2. The molecule has 0 aromatic carbocycles. The molecule has 0 saturated carbocycles. The zero-order chi connectivity index (χ0) is 14.9. The van der Waals surface area contributed by atoms with E-state index < -0.39 is 21.9 Å². The van der Waals surface area contributed by atoms with Crippen molar-refractivity contribution in [2.75, 3.05) is 13.7 Å². The van der Waals surface area contributed by atoms with E-state index >= 15 is 0 Å². The highest BCUT2D eigenvalue weighted by molar-refractivity contribution is 7.90. The van der Waals surface area contributed by atoms with Crippen LogP contribution in [0.4, 0.5) is 0 Å². The van der Waals surface area contributed by atoms with Crippen LogP contribution >= 0.6 is 0 Å². The van der Waals surface area contributed by atoms with Gasteiger partial charge in [-0.15, -0.1) is 0 Å². The van der Waals surface area contributed by atoms with Crippen molar-refractivity contribution < 1.29 is 22.7 Å². The van der Waals surface area contributed by atoms with E-state index in [1.165, 1.54) is 38.4 Å². The van der Waals surface area contributed by atoms with Crippen LogP contribution in [-0.2, 0) is 19.6 Å². The molecule has 0 saturated heterocycles. The molecule has 1 aromatic rings. The Kier molecular flexibility index (Phi) is 3.58. The van der Waals surface area contributed by atoms with Crippen molar-refractivity contribution in [3.05, 3.63) is 35.5 Å². The number of fused-ring (bicyclic) bond motifs is 1. The average molecular weight is 296 g/mol. The SMILES string of the molecule is COC(=O)/C(C)=C/CN1C(=O)c2cccnc2S1(=O)=O. The van der Waals surface area contributed by atoms with Gasteiger partial charge in [-0.25, -0.2) is 14.1 Å². The van der Waals surface area contributed by atoms with Crippen LogP contribution < -0.4 is 0 Å². The predicted molar refractivity (Wildman–Crippen MR) is 68.2 cm³/mol. The van der Waals surface area contributed by atoms with Crippen molar-refractivity contribution in [3.8, 4) is 0 Å². The molecule has 0 N–H and O–H groups in total. The monoisotopic (exact) mass is 296 g/mol. The smallest absolute Gasteiger partial charge is 0.333 e. The van der Waals surface area contributed by atoms with Crippen molar-refractivity contribution in [1.82, 2.24) is 9.29 Å². The third kappa shape index (κ3) is 2.18. The van der Waals surface area contributed by atoms with Gasteiger partial charge in [-0.1, -0.05) is 6.08 Å². The number of pyridine rings is 1. The van der Waals surface area contributed by atoms with Gasteiger partial charge in [0.2, 0.25) is 0 Å². The highest BCUT2D eigenvalue weighted by Gasteiger charge is 2.41. The Bertz CT molecular complexity index is 708. The maximum atomic E-state index is 12.1. The number of hydrogen-bond acceptors (Lipinski definition) is 6. The summed E-state index contributed by atoms with van der Waals surface area (Å²) in [6.07, 6.45) is 2.63. The molecular weight excluding hydrogens is 284 g/mol. The van der Waals surface area contributed by atoms with E-state index in [0.717, 1.165) is 0 Å². The van der Waals surface area contributed by atoms with Crippen LogP contribution in [0.25, 0.3) is 0 Å². The van der Waals surface area contributed by atoms with E-state index in [4.69, 9.17) is 0 Å². The summed E-state index contributed by atoms with van der Waals surface area (Å²) >= 11 is 0. The fraction of sp³-hybridized carbons (Fsp3) is 0.250. The summed E-state index contributed by atoms with van der Waals surface area (Å²) in [4.78, 5) is 27.0. The molecule has 106 valence electrons. The van der Waals surface area contributed by atoms with Crippen LogP contribution in [0.15, 0.2) is 35.0 Å². The van der Waals surface area contributed by atoms with E-state index in [1.807, 2.05) is 0 Å². The zero-order valence-corrected chi connectivity index (χ0v) is 11.7. The number of ether oxygens (including phenoxy) is 1. The average Bonchev–Trinajstić information content (AvgIpc) is 2.64. The molecule has 8 heteroatoms. The Labute approximate surface area is 115 Å². The standard InChI is InChI=1S/C12H12N2O5S/c1-8(12(16)19-2)5-7-14-11(15)9-4-3-6-13-10(9)20(14,17)18/h3-6H,7H2,1-2H3/b8-5+. The number of sulfonamides is 1. The van der Waals surface area contributed by atoms with Gasteiger partial charge >= 0.3 is 5.97 Å². The fourth-order valence-electron chi connectivity index (χ4n) is 1.75. The zero-order valence-electron chi connectivity index (χ0n) is 10.9. The van der Waals surface area contributed by atoms with E-state index in [2.05, 4.69) is 9.72 Å². The maximum absolute atomic E-state index is 12.1. The lowest BCUT2D eigenvalue weighted by Gasteiger charge is -2.12. The summed E-state index contributed by atoms with van der Waals surface area (Å²) in [5, 5.41) is -0.255. The topological polar surface area (TPSA) is 93.6 Å². The lowest BCUT2D eigenvalue weighted by molar-refractivity contribution is -0.136. The number of esters is 1. The molecule has 0 radical (unpaired) electrons. The van der Waals surface area contributed by atoms with Crippen molar-refractivity contribution in [3.63, 3.8) is 0 Å². The highest BCUT2D eigenvalue weighted by atomic mass is 32.2. The van der Waals surface area contributed by atoms with Crippen LogP contribution in [-0.4, -0.2) is 43.2 Å². The number of nitrogens with zero attached hydrogens (tertiary/aromatic N) is 2. The van der Waals surface area contributed by atoms with E-state index in [0.29, 0.717) is 4.31 Å². The number of aromatic nitrogens is 1. The Morgan fingerprint density at radius 3 is 2.80 bits per heavy atom. The molecule has 1 amide bonds. The second-order valence-electron chi connectivity index (χ2n) is 4.08. The minimum atomic E-state index is -3.95. The molecule has 2 heterocycles. The molecule has 0 aliphatic carbocycles. The van der Waals surface area contributed by atoms with E-state index in [9.17, 15) is 18.0 Å². The summed E-state index contributed by atoms with van der Waals surface area (Å²) in [6, 6.07) is 2.89. The highest BCUT2D eigenvalue weighted by Crippen LogP contribution is 2.27. The normalized spacial score (nSPS) is 17.0. The summed E-state index contributed by atoms with van der Waals surface area (Å²) in [6.45, 7) is 1.24. The summed E-state index contributed by atoms with van der Waals surface area (Å²) < 4.78 is 29.5. The summed E-state index contributed by atoms with van der Waals surface area (Å²) in [7, 11) is -2.73. The molecule has 0 fully saturated rings. The molecule has 7 nitrogen and oxygen atoms in total. The van der Waals surface area contributed by atoms with Gasteiger partial charge in [0.05, 0.1) is 19.2 Å². The van der Waals surface area contributed by atoms with E-state index in [-0.39, 0.29) is 22.7 Å². The summed E-state index contributed by atoms with van der Waals surface area (Å²) in [5.41, 5.74) is 0.260. The Balaban J connectivity index is 2.33. The second-order valence-corrected chi connectivity index (χ2v) is 5.85. The van der Waals surface area contributed by atoms with Crippen molar-refractivity contribution in [2.24, 2.45) is 0 Å². The number of rotatable bonds is 3. The van der Waals surface area contributed by atoms with Gasteiger partial charge in [0.1, 0.15) is 0 Å². The minimum Gasteiger partial charge on any atom is -0.466 e. The molecular formula is C12H12N2O5S. The van der Waals surface area contributed by atoms with Gasteiger partial charge in [0, 0.05) is 11.8 Å². The molecule has 1 aliphatic rings. The molecule has 0 bridgehead atoms.